The van der Waals surface area contributed by atoms with Gasteiger partial charge in [0.1, 0.15) is 6.54 Å². The molecule has 1 heterocycles. The number of nitrogens with zero attached hydrogens (tertiary/aromatic N) is 3. The Balaban J connectivity index is 2.20. The molecule has 0 aliphatic rings. The van der Waals surface area contributed by atoms with Crippen molar-refractivity contribution in [3.8, 4) is 0 Å². The van der Waals surface area contributed by atoms with E-state index in [0.717, 1.165) is 10.7 Å². The Labute approximate surface area is 146 Å². The predicted molar refractivity (Wildman–Crippen MR) is 86.6 cm³/mol. The van der Waals surface area contributed by atoms with Gasteiger partial charge < -0.3 is 24.9 Å². The molecule has 0 fully saturated rings. The number of rotatable bonds is 6. The minimum Gasteiger partial charge on any atom is -0.465 e. The van der Waals surface area contributed by atoms with Crippen LogP contribution in [0.4, 0.5) is 11.5 Å². The highest BCUT2D eigenvalue weighted by Gasteiger charge is 2.17. The van der Waals surface area contributed by atoms with Crippen LogP contribution in [0.15, 0.2) is 30.5 Å². The van der Waals surface area contributed by atoms with E-state index in [-0.39, 0.29) is 23.4 Å². The molecule has 0 saturated carbocycles. The Morgan fingerprint density at radius 2 is 1.73 bits per heavy atom. The summed E-state index contributed by atoms with van der Waals surface area (Å²) >= 11 is 0. The summed E-state index contributed by atoms with van der Waals surface area (Å²) in [5, 5.41) is 16.7. The number of amides is 1. The summed E-state index contributed by atoms with van der Waals surface area (Å²) < 4.78 is 10.3. The zero-order valence-corrected chi connectivity index (χ0v) is 13.8. The number of hydrogen-bond donors (Lipinski definition) is 1. The highest BCUT2D eigenvalue weighted by Crippen LogP contribution is 2.17. The first-order valence-corrected chi connectivity index (χ1v) is 7.13. The van der Waals surface area contributed by atoms with Crippen LogP contribution in [0.1, 0.15) is 20.7 Å². The van der Waals surface area contributed by atoms with Crippen molar-refractivity contribution in [1.29, 1.82) is 0 Å². The monoisotopic (exact) mass is 362 g/mol. The average molecular weight is 362 g/mol. The molecule has 11 nitrogen and oxygen atoms in total. The van der Waals surface area contributed by atoms with Crippen molar-refractivity contribution in [2.45, 2.75) is 6.54 Å². The van der Waals surface area contributed by atoms with Gasteiger partial charge in [0.05, 0.1) is 42.7 Å². The maximum Gasteiger partial charge on any atom is 0.389 e. The van der Waals surface area contributed by atoms with Crippen molar-refractivity contribution < 1.29 is 28.8 Å². The molecule has 2 aromatic rings. The van der Waals surface area contributed by atoms with Crippen LogP contribution in [0, 0.1) is 10.1 Å². The maximum atomic E-state index is 12.1. The van der Waals surface area contributed by atoms with Crippen LogP contribution >= 0.6 is 0 Å². The largest absolute Gasteiger partial charge is 0.465 e. The SMILES string of the molecule is COC(=O)c1cc(NC(=O)Cn2ccc([N+](=O)[O-])n2)cc(C(=O)OC)c1. The lowest BCUT2D eigenvalue weighted by molar-refractivity contribution is -0.389. The summed E-state index contributed by atoms with van der Waals surface area (Å²) in [4.78, 5) is 45.4. The topological polar surface area (TPSA) is 143 Å². The van der Waals surface area contributed by atoms with E-state index >= 15 is 0 Å². The van der Waals surface area contributed by atoms with E-state index in [1.165, 1.54) is 38.6 Å². The number of anilines is 1. The number of nitrogens with one attached hydrogen (secondary N) is 1. The fourth-order valence-corrected chi connectivity index (χ4v) is 2.06. The Morgan fingerprint density at radius 3 is 2.19 bits per heavy atom. The van der Waals surface area contributed by atoms with Gasteiger partial charge in [-0.1, -0.05) is 0 Å². The van der Waals surface area contributed by atoms with Crippen LogP contribution in [0.5, 0.6) is 0 Å². The fraction of sp³-hybridized carbons (Fsp3) is 0.200. The number of hydrogen-bond acceptors (Lipinski definition) is 8. The van der Waals surface area contributed by atoms with Crippen molar-refractivity contribution >= 4 is 29.4 Å². The predicted octanol–water partition coefficient (Wildman–Crippen LogP) is 1.00. The molecule has 1 N–H and O–H groups in total. The van der Waals surface area contributed by atoms with Crippen molar-refractivity contribution in [3.05, 3.63) is 51.7 Å². The second kappa shape index (κ2) is 7.88. The number of ether oxygens (including phenoxy) is 2. The zero-order valence-electron chi connectivity index (χ0n) is 13.8. The molecule has 1 aromatic carbocycles. The zero-order chi connectivity index (χ0) is 19.3. The summed E-state index contributed by atoms with van der Waals surface area (Å²) in [6, 6.07) is 5.06. The smallest absolute Gasteiger partial charge is 0.389 e. The first-order valence-electron chi connectivity index (χ1n) is 7.13. The van der Waals surface area contributed by atoms with Gasteiger partial charge in [0.15, 0.2) is 0 Å². The van der Waals surface area contributed by atoms with Gasteiger partial charge in [-0.25, -0.2) is 9.59 Å². The summed E-state index contributed by atoms with van der Waals surface area (Å²) in [5.41, 5.74) is 0.237. The summed E-state index contributed by atoms with van der Waals surface area (Å²) in [6.45, 7) is -0.302. The Bertz CT molecular complexity index is 840. The lowest BCUT2D eigenvalue weighted by Crippen LogP contribution is -2.20. The van der Waals surface area contributed by atoms with Gasteiger partial charge in [-0.15, -0.1) is 0 Å². The first-order chi connectivity index (χ1) is 12.3. The third kappa shape index (κ3) is 4.41. The minimum atomic E-state index is -0.700. The van der Waals surface area contributed by atoms with Gasteiger partial charge in [-0.05, 0) is 23.1 Å². The highest BCUT2D eigenvalue weighted by atomic mass is 16.6. The van der Waals surface area contributed by atoms with Gasteiger partial charge in [0, 0.05) is 5.69 Å². The minimum absolute atomic E-state index is 0.0421. The standard InChI is InChI=1S/C15H14N4O7/c1-25-14(21)9-5-10(15(22)26-2)7-11(6-9)16-13(20)8-18-4-3-12(17-18)19(23)24/h3-7H,8H2,1-2H3,(H,16,20). The molecule has 11 heteroatoms. The van der Waals surface area contributed by atoms with Crippen LogP contribution in [0.3, 0.4) is 0 Å². The lowest BCUT2D eigenvalue weighted by atomic mass is 10.1. The maximum absolute atomic E-state index is 12.1. The molecule has 0 spiro atoms. The highest BCUT2D eigenvalue weighted by molar-refractivity contribution is 5.99. The molecule has 136 valence electrons. The van der Waals surface area contributed by atoms with E-state index < -0.39 is 28.6 Å². The van der Waals surface area contributed by atoms with Crippen molar-refractivity contribution in [2.75, 3.05) is 19.5 Å². The molecule has 1 aromatic heterocycles. The third-order valence-corrected chi connectivity index (χ3v) is 3.18. The summed E-state index contributed by atoms with van der Waals surface area (Å²) in [5.74, 6) is -2.36. The van der Waals surface area contributed by atoms with Crippen molar-refractivity contribution in [1.82, 2.24) is 9.78 Å². The molecular formula is C15H14N4O7. The molecule has 26 heavy (non-hydrogen) atoms. The van der Waals surface area contributed by atoms with Gasteiger partial charge in [-0.2, -0.15) is 4.68 Å². The first kappa shape index (κ1) is 18.6. The molecule has 2 rings (SSSR count). The van der Waals surface area contributed by atoms with Crippen LogP contribution in [-0.2, 0) is 20.8 Å². The summed E-state index contributed by atoms with van der Waals surface area (Å²) in [7, 11) is 2.35. The number of carbonyl (C=O) groups is 3. The van der Waals surface area contributed by atoms with Gasteiger partial charge in [-0.3, -0.25) is 4.79 Å². The van der Waals surface area contributed by atoms with E-state index in [1.54, 1.807) is 0 Å². The van der Waals surface area contributed by atoms with E-state index in [4.69, 9.17) is 0 Å². The Morgan fingerprint density at radius 1 is 1.15 bits per heavy atom. The molecule has 0 atom stereocenters. The van der Waals surface area contributed by atoms with E-state index in [1.807, 2.05) is 0 Å². The second-order valence-electron chi connectivity index (χ2n) is 4.96. The Hall–Kier alpha value is -3.76. The Kier molecular flexibility index (Phi) is 5.63. The normalized spacial score (nSPS) is 10.1. The van der Waals surface area contributed by atoms with Gasteiger partial charge >= 0.3 is 17.8 Å². The van der Waals surface area contributed by atoms with Gasteiger partial charge in [0.2, 0.25) is 5.91 Å². The van der Waals surface area contributed by atoms with Gasteiger partial charge in [0.25, 0.3) is 0 Å². The van der Waals surface area contributed by atoms with Crippen molar-refractivity contribution in [3.63, 3.8) is 0 Å². The van der Waals surface area contributed by atoms with E-state index in [2.05, 4.69) is 19.9 Å². The van der Waals surface area contributed by atoms with Crippen LogP contribution in [0.2, 0.25) is 0 Å². The average Bonchev–Trinajstić information content (AvgIpc) is 3.08. The number of methoxy groups -OCH3 is 2. The van der Waals surface area contributed by atoms with Crippen LogP contribution < -0.4 is 5.32 Å². The number of nitro groups is 1. The number of aromatic nitrogens is 2. The molecule has 0 saturated heterocycles. The second-order valence-corrected chi connectivity index (χ2v) is 4.96. The van der Waals surface area contributed by atoms with E-state index in [0.29, 0.717) is 0 Å². The molecule has 0 bridgehead atoms. The lowest BCUT2D eigenvalue weighted by Gasteiger charge is -2.09. The molecule has 0 radical (unpaired) electrons. The molecule has 0 unspecified atom stereocenters. The molecule has 0 aliphatic carbocycles. The number of carbonyl (C=O) groups excluding carboxylic acids is 3. The van der Waals surface area contributed by atoms with E-state index in [9.17, 15) is 24.5 Å². The number of benzene rings is 1. The molecule has 0 aliphatic heterocycles. The molecule has 1 amide bonds. The van der Waals surface area contributed by atoms with Crippen molar-refractivity contribution in [2.24, 2.45) is 0 Å². The van der Waals surface area contributed by atoms with Crippen LogP contribution in [0.25, 0.3) is 0 Å². The quantitative estimate of drug-likeness (QED) is 0.455. The molecular weight excluding hydrogens is 348 g/mol. The third-order valence-electron chi connectivity index (χ3n) is 3.18. The van der Waals surface area contributed by atoms with Crippen LogP contribution in [-0.4, -0.2) is 46.8 Å². The number of esters is 2. The fourth-order valence-electron chi connectivity index (χ4n) is 2.06. The summed E-state index contributed by atoms with van der Waals surface area (Å²) in [6.07, 6.45) is 1.28.